The Labute approximate surface area is 93.8 Å². The van der Waals surface area contributed by atoms with Crippen LogP contribution in [0.5, 0.6) is 0 Å². The average Bonchev–Trinajstić information content (AvgIpc) is 2.86. The molecule has 0 bridgehead atoms. The summed E-state index contributed by atoms with van der Waals surface area (Å²) in [6, 6.07) is 5.74. The predicted octanol–water partition coefficient (Wildman–Crippen LogP) is 1.87. The normalized spacial score (nSPS) is 20.6. The number of H-pyrrole nitrogens is 1. The molecule has 4 heteroatoms. The van der Waals surface area contributed by atoms with Crippen molar-refractivity contribution in [3.8, 4) is 0 Å². The number of ether oxygens (including phenoxy) is 1. The van der Waals surface area contributed by atoms with E-state index >= 15 is 0 Å². The number of imidazole rings is 1. The van der Waals surface area contributed by atoms with Crippen LogP contribution >= 0.6 is 0 Å². The molecule has 1 aliphatic heterocycles. The zero-order valence-electron chi connectivity index (χ0n) is 9.07. The number of nitrogens with one attached hydrogen (secondary N) is 1. The monoisotopic (exact) mass is 217 g/mol. The van der Waals surface area contributed by atoms with Gasteiger partial charge in [-0.15, -0.1) is 0 Å². The molecule has 1 atom stereocenters. The maximum absolute atomic E-state index is 5.72. The summed E-state index contributed by atoms with van der Waals surface area (Å²) < 4.78 is 5.59. The standard InChI is InChI=1S/C12H15N3O/c13-8-3-4-10-11(6-8)15-12(14-10)7-9-2-1-5-16-9/h3-4,6,9H,1-2,5,7,13H2,(H,14,15). The second kappa shape index (κ2) is 3.79. The number of hydrogen-bond donors (Lipinski definition) is 2. The van der Waals surface area contributed by atoms with E-state index in [1.165, 1.54) is 0 Å². The first-order valence-electron chi connectivity index (χ1n) is 5.67. The van der Waals surface area contributed by atoms with Gasteiger partial charge in [-0.25, -0.2) is 4.98 Å². The van der Waals surface area contributed by atoms with Crippen LogP contribution in [0.3, 0.4) is 0 Å². The van der Waals surface area contributed by atoms with Gasteiger partial charge in [0, 0.05) is 18.7 Å². The van der Waals surface area contributed by atoms with Crippen LogP contribution in [0.25, 0.3) is 11.0 Å². The van der Waals surface area contributed by atoms with E-state index in [4.69, 9.17) is 10.5 Å². The second-order valence-corrected chi connectivity index (χ2v) is 4.30. The molecule has 1 aliphatic rings. The Kier molecular flexibility index (Phi) is 2.29. The Bertz CT molecular complexity index is 500. The highest BCUT2D eigenvalue weighted by Crippen LogP contribution is 2.19. The van der Waals surface area contributed by atoms with Gasteiger partial charge in [0.15, 0.2) is 0 Å². The minimum absolute atomic E-state index is 0.331. The summed E-state index contributed by atoms with van der Waals surface area (Å²) in [5.74, 6) is 0.993. The molecule has 1 saturated heterocycles. The van der Waals surface area contributed by atoms with Gasteiger partial charge in [0.05, 0.1) is 17.1 Å². The number of nitrogens with zero attached hydrogens (tertiary/aromatic N) is 1. The summed E-state index contributed by atoms with van der Waals surface area (Å²) in [4.78, 5) is 7.82. The van der Waals surface area contributed by atoms with Crippen molar-refractivity contribution in [2.24, 2.45) is 0 Å². The highest BCUT2D eigenvalue weighted by atomic mass is 16.5. The van der Waals surface area contributed by atoms with Crippen molar-refractivity contribution in [2.75, 3.05) is 12.3 Å². The van der Waals surface area contributed by atoms with Crippen LogP contribution in [0.4, 0.5) is 5.69 Å². The number of aromatic amines is 1. The van der Waals surface area contributed by atoms with Gasteiger partial charge in [0.1, 0.15) is 5.82 Å². The van der Waals surface area contributed by atoms with Crippen molar-refractivity contribution >= 4 is 16.7 Å². The number of fused-ring (bicyclic) bond motifs is 1. The number of benzene rings is 1. The lowest BCUT2D eigenvalue weighted by molar-refractivity contribution is 0.110. The van der Waals surface area contributed by atoms with Crippen molar-refractivity contribution in [3.05, 3.63) is 24.0 Å². The first-order chi connectivity index (χ1) is 7.81. The third-order valence-electron chi connectivity index (χ3n) is 3.00. The van der Waals surface area contributed by atoms with Crippen molar-refractivity contribution in [1.82, 2.24) is 9.97 Å². The Balaban J connectivity index is 1.86. The third kappa shape index (κ3) is 1.76. The molecule has 1 aromatic carbocycles. The minimum Gasteiger partial charge on any atom is -0.399 e. The van der Waals surface area contributed by atoms with Crippen LogP contribution in [0.1, 0.15) is 18.7 Å². The smallest absolute Gasteiger partial charge is 0.109 e. The topological polar surface area (TPSA) is 63.9 Å². The molecular formula is C12H15N3O. The molecule has 0 radical (unpaired) electrons. The van der Waals surface area contributed by atoms with Gasteiger partial charge < -0.3 is 15.5 Å². The first-order valence-corrected chi connectivity index (χ1v) is 5.67. The first kappa shape index (κ1) is 9.66. The maximum Gasteiger partial charge on any atom is 0.109 e. The number of nitrogen functional groups attached to an aromatic ring is 1. The molecule has 1 unspecified atom stereocenters. The molecule has 1 fully saturated rings. The van der Waals surface area contributed by atoms with Gasteiger partial charge in [-0.2, -0.15) is 0 Å². The lowest BCUT2D eigenvalue weighted by Gasteiger charge is -2.05. The fourth-order valence-corrected chi connectivity index (χ4v) is 2.20. The van der Waals surface area contributed by atoms with E-state index in [1.54, 1.807) is 0 Å². The van der Waals surface area contributed by atoms with E-state index in [0.29, 0.717) is 6.10 Å². The number of aromatic nitrogens is 2. The van der Waals surface area contributed by atoms with Crippen LogP contribution in [0, 0.1) is 0 Å². The van der Waals surface area contributed by atoms with Crippen LogP contribution in [-0.2, 0) is 11.2 Å². The summed E-state index contributed by atoms with van der Waals surface area (Å²) >= 11 is 0. The molecule has 0 saturated carbocycles. The van der Waals surface area contributed by atoms with Gasteiger partial charge in [0.2, 0.25) is 0 Å². The van der Waals surface area contributed by atoms with Crippen LogP contribution in [-0.4, -0.2) is 22.7 Å². The van der Waals surface area contributed by atoms with E-state index in [0.717, 1.165) is 48.4 Å². The van der Waals surface area contributed by atoms with E-state index < -0.39 is 0 Å². The van der Waals surface area contributed by atoms with Gasteiger partial charge in [-0.3, -0.25) is 0 Å². The molecule has 3 N–H and O–H groups in total. The SMILES string of the molecule is Nc1ccc2nc(CC3CCCO3)[nH]c2c1. The molecule has 4 nitrogen and oxygen atoms in total. The van der Waals surface area contributed by atoms with E-state index in [9.17, 15) is 0 Å². The zero-order valence-corrected chi connectivity index (χ0v) is 9.07. The second-order valence-electron chi connectivity index (χ2n) is 4.30. The summed E-state index contributed by atoms with van der Waals surface area (Å²) in [5.41, 5.74) is 8.47. The van der Waals surface area contributed by atoms with E-state index in [2.05, 4.69) is 9.97 Å². The lowest BCUT2D eigenvalue weighted by Crippen LogP contribution is -2.09. The molecule has 16 heavy (non-hydrogen) atoms. The number of rotatable bonds is 2. The molecular weight excluding hydrogens is 202 g/mol. The molecule has 1 aromatic heterocycles. The molecule has 3 rings (SSSR count). The fourth-order valence-electron chi connectivity index (χ4n) is 2.20. The number of nitrogens with two attached hydrogens (primary N) is 1. The van der Waals surface area contributed by atoms with Gasteiger partial charge in [-0.1, -0.05) is 0 Å². The highest BCUT2D eigenvalue weighted by molar-refractivity contribution is 5.78. The zero-order chi connectivity index (χ0) is 11.0. The number of anilines is 1. The molecule has 2 aromatic rings. The average molecular weight is 217 g/mol. The summed E-state index contributed by atoms with van der Waals surface area (Å²) in [6.45, 7) is 0.887. The summed E-state index contributed by atoms with van der Waals surface area (Å²) in [6.07, 6.45) is 3.50. The summed E-state index contributed by atoms with van der Waals surface area (Å²) in [5, 5.41) is 0. The maximum atomic E-state index is 5.72. The highest BCUT2D eigenvalue weighted by Gasteiger charge is 2.17. The Morgan fingerprint density at radius 2 is 2.44 bits per heavy atom. The molecule has 0 spiro atoms. The minimum atomic E-state index is 0.331. The van der Waals surface area contributed by atoms with Crippen molar-refractivity contribution in [3.63, 3.8) is 0 Å². The van der Waals surface area contributed by atoms with Crippen molar-refractivity contribution in [2.45, 2.75) is 25.4 Å². The molecule has 0 aliphatic carbocycles. The van der Waals surface area contributed by atoms with Crippen LogP contribution in [0.2, 0.25) is 0 Å². The van der Waals surface area contributed by atoms with E-state index in [-0.39, 0.29) is 0 Å². The largest absolute Gasteiger partial charge is 0.399 e. The third-order valence-corrected chi connectivity index (χ3v) is 3.00. The van der Waals surface area contributed by atoms with E-state index in [1.807, 2.05) is 18.2 Å². The van der Waals surface area contributed by atoms with Crippen molar-refractivity contribution < 1.29 is 4.74 Å². The Hall–Kier alpha value is -1.55. The number of hydrogen-bond acceptors (Lipinski definition) is 3. The van der Waals surface area contributed by atoms with Crippen LogP contribution in [0.15, 0.2) is 18.2 Å². The summed E-state index contributed by atoms with van der Waals surface area (Å²) in [7, 11) is 0. The van der Waals surface area contributed by atoms with Gasteiger partial charge in [0.25, 0.3) is 0 Å². The van der Waals surface area contributed by atoms with Gasteiger partial charge >= 0.3 is 0 Å². The predicted molar refractivity (Wildman–Crippen MR) is 63.2 cm³/mol. The molecule has 2 heterocycles. The Morgan fingerprint density at radius 1 is 1.50 bits per heavy atom. The lowest BCUT2D eigenvalue weighted by atomic mass is 10.2. The molecule has 84 valence electrons. The van der Waals surface area contributed by atoms with Crippen LogP contribution < -0.4 is 5.73 Å². The quantitative estimate of drug-likeness (QED) is 0.755. The molecule has 0 amide bonds. The van der Waals surface area contributed by atoms with Crippen molar-refractivity contribution in [1.29, 1.82) is 0 Å². The fraction of sp³-hybridized carbons (Fsp3) is 0.417. The van der Waals surface area contributed by atoms with Gasteiger partial charge in [-0.05, 0) is 31.0 Å². The Morgan fingerprint density at radius 3 is 3.25 bits per heavy atom.